The van der Waals surface area contributed by atoms with Crippen molar-refractivity contribution in [2.24, 2.45) is 0 Å². The lowest BCUT2D eigenvalue weighted by molar-refractivity contribution is 0.212. The number of imidazole rings is 1. The average molecular weight is 196 g/mol. The molecule has 0 fully saturated rings. The van der Waals surface area contributed by atoms with Gasteiger partial charge in [0, 0.05) is 39.1 Å². The molecular formula is C9H16N4O. The second-order valence-electron chi connectivity index (χ2n) is 3.50. The first-order chi connectivity index (χ1) is 6.59. The third kappa shape index (κ3) is 3.08. The number of carbonyl (C=O) groups excluding carboxylic acids is 1. The lowest BCUT2D eigenvalue weighted by Crippen LogP contribution is -2.41. The van der Waals surface area contributed by atoms with Crippen LogP contribution in [0.3, 0.4) is 0 Å². The van der Waals surface area contributed by atoms with E-state index in [2.05, 4.69) is 10.3 Å². The number of aromatic nitrogens is 2. The van der Waals surface area contributed by atoms with E-state index in [1.807, 2.05) is 17.7 Å². The molecule has 0 aliphatic rings. The van der Waals surface area contributed by atoms with Crippen molar-refractivity contribution in [1.82, 2.24) is 19.8 Å². The maximum atomic E-state index is 11.3. The summed E-state index contributed by atoms with van der Waals surface area (Å²) in [6.07, 6.45) is 5.33. The normalized spacial score (nSPS) is 12.2. The molecule has 0 aliphatic carbocycles. The van der Waals surface area contributed by atoms with Crippen molar-refractivity contribution in [3.63, 3.8) is 0 Å². The van der Waals surface area contributed by atoms with E-state index in [0.29, 0.717) is 0 Å². The highest BCUT2D eigenvalue weighted by Gasteiger charge is 2.08. The molecule has 5 nitrogen and oxygen atoms in total. The summed E-state index contributed by atoms with van der Waals surface area (Å²) >= 11 is 0. The van der Waals surface area contributed by atoms with Gasteiger partial charge in [-0.3, -0.25) is 0 Å². The molecule has 0 saturated heterocycles. The molecule has 1 aromatic rings. The van der Waals surface area contributed by atoms with Crippen LogP contribution in [-0.4, -0.2) is 40.6 Å². The van der Waals surface area contributed by atoms with E-state index in [4.69, 9.17) is 0 Å². The third-order valence-corrected chi connectivity index (χ3v) is 1.82. The Morgan fingerprint density at radius 2 is 2.36 bits per heavy atom. The first-order valence-electron chi connectivity index (χ1n) is 4.53. The minimum absolute atomic E-state index is 0.0717. The predicted molar refractivity (Wildman–Crippen MR) is 53.9 cm³/mol. The number of amides is 2. The number of hydrogen-bond acceptors (Lipinski definition) is 2. The Morgan fingerprint density at radius 1 is 1.64 bits per heavy atom. The van der Waals surface area contributed by atoms with Crippen molar-refractivity contribution in [2.75, 3.05) is 14.1 Å². The second-order valence-corrected chi connectivity index (χ2v) is 3.50. The molecule has 1 rings (SSSR count). The molecule has 0 radical (unpaired) electrons. The van der Waals surface area contributed by atoms with Gasteiger partial charge in [-0.2, -0.15) is 0 Å². The van der Waals surface area contributed by atoms with E-state index >= 15 is 0 Å². The molecule has 2 amide bonds. The summed E-state index contributed by atoms with van der Waals surface area (Å²) < 4.78 is 1.93. The van der Waals surface area contributed by atoms with Crippen LogP contribution in [0.25, 0.3) is 0 Å². The van der Waals surface area contributed by atoms with Gasteiger partial charge in [0.15, 0.2) is 0 Å². The fourth-order valence-corrected chi connectivity index (χ4v) is 1.10. The van der Waals surface area contributed by atoms with Crippen LogP contribution >= 0.6 is 0 Å². The van der Waals surface area contributed by atoms with Crippen LogP contribution in [-0.2, 0) is 6.54 Å². The van der Waals surface area contributed by atoms with Gasteiger partial charge < -0.3 is 14.8 Å². The highest BCUT2D eigenvalue weighted by molar-refractivity contribution is 5.73. The zero-order chi connectivity index (χ0) is 10.6. The molecule has 1 aromatic heterocycles. The van der Waals surface area contributed by atoms with Crippen molar-refractivity contribution in [1.29, 1.82) is 0 Å². The molecule has 14 heavy (non-hydrogen) atoms. The first-order valence-corrected chi connectivity index (χ1v) is 4.53. The summed E-state index contributed by atoms with van der Waals surface area (Å²) in [7, 11) is 3.44. The third-order valence-electron chi connectivity index (χ3n) is 1.82. The van der Waals surface area contributed by atoms with Gasteiger partial charge in [-0.1, -0.05) is 0 Å². The molecule has 0 saturated carbocycles. The first kappa shape index (κ1) is 10.6. The molecule has 1 heterocycles. The van der Waals surface area contributed by atoms with Gasteiger partial charge in [0.1, 0.15) is 0 Å². The van der Waals surface area contributed by atoms with Crippen molar-refractivity contribution in [3.8, 4) is 0 Å². The van der Waals surface area contributed by atoms with Crippen molar-refractivity contribution < 1.29 is 4.79 Å². The number of urea groups is 1. The fraction of sp³-hybridized carbons (Fsp3) is 0.556. The second kappa shape index (κ2) is 4.64. The molecular weight excluding hydrogens is 180 g/mol. The zero-order valence-corrected chi connectivity index (χ0v) is 8.77. The number of hydrogen-bond donors (Lipinski definition) is 1. The minimum atomic E-state index is -0.0717. The molecule has 5 heteroatoms. The summed E-state index contributed by atoms with van der Waals surface area (Å²) in [4.78, 5) is 16.7. The smallest absolute Gasteiger partial charge is 0.317 e. The Morgan fingerprint density at radius 3 is 2.86 bits per heavy atom. The molecule has 0 aliphatic heterocycles. The molecule has 1 N–H and O–H groups in total. The van der Waals surface area contributed by atoms with Crippen LogP contribution in [0.15, 0.2) is 18.7 Å². The van der Waals surface area contributed by atoms with Crippen LogP contribution in [0.2, 0.25) is 0 Å². The summed E-state index contributed by atoms with van der Waals surface area (Å²) in [5, 5.41) is 2.86. The topological polar surface area (TPSA) is 50.2 Å². The minimum Gasteiger partial charge on any atom is -0.335 e. The van der Waals surface area contributed by atoms with Crippen LogP contribution in [0.1, 0.15) is 6.92 Å². The largest absolute Gasteiger partial charge is 0.335 e. The highest BCUT2D eigenvalue weighted by atomic mass is 16.2. The summed E-state index contributed by atoms with van der Waals surface area (Å²) in [6.45, 7) is 2.70. The Labute approximate surface area is 83.7 Å². The summed E-state index contributed by atoms with van der Waals surface area (Å²) in [6, 6.07) is 0.0247. The van der Waals surface area contributed by atoms with Crippen molar-refractivity contribution in [2.45, 2.75) is 19.5 Å². The monoisotopic (exact) mass is 196 g/mol. The van der Waals surface area contributed by atoms with E-state index < -0.39 is 0 Å². The molecule has 0 bridgehead atoms. The Bertz CT molecular complexity index is 281. The highest BCUT2D eigenvalue weighted by Crippen LogP contribution is 1.92. The van der Waals surface area contributed by atoms with E-state index in [1.165, 1.54) is 4.90 Å². The van der Waals surface area contributed by atoms with Gasteiger partial charge in [0.05, 0.1) is 6.33 Å². The molecule has 1 unspecified atom stereocenters. The standard InChI is InChI=1S/C9H16N4O/c1-8(11-9(14)12(2)3)6-13-5-4-10-7-13/h4-5,7-8H,6H2,1-3H3,(H,11,14). The van der Waals surface area contributed by atoms with Gasteiger partial charge in [0.25, 0.3) is 0 Å². The van der Waals surface area contributed by atoms with Gasteiger partial charge in [-0.25, -0.2) is 9.78 Å². The molecule has 0 spiro atoms. The molecule has 0 aromatic carbocycles. The fourth-order valence-electron chi connectivity index (χ4n) is 1.10. The van der Waals surface area contributed by atoms with E-state index in [-0.39, 0.29) is 12.1 Å². The Kier molecular flexibility index (Phi) is 3.50. The Hall–Kier alpha value is -1.52. The van der Waals surface area contributed by atoms with Gasteiger partial charge >= 0.3 is 6.03 Å². The summed E-state index contributed by atoms with van der Waals surface area (Å²) in [5.41, 5.74) is 0. The average Bonchev–Trinajstić information content (AvgIpc) is 2.56. The van der Waals surface area contributed by atoms with Crippen LogP contribution in [0.5, 0.6) is 0 Å². The summed E-state index contributed by atoms with van der Waals surface area (Å²) in [5.74, 6) is 0. The van der Waals surface area contributed by atoms with Crippen LogP contribution < -0.4 is 5.32 Å². The maximum absolute atomic E-state index is 11.3. The number of nitrogens with one attached hydrogen (secondary N) is 1. The van der Waals surface area contributed by atoms with Crippen molar-refractivity contribution in [3.05, 3.63) is 18.7 Å². The van der Waals surface area contributed by atoms with Crippen LogP contribution in [0, 0.1) is 0 Å². The van der Waals surface area contributed by atoms with E-state index in [9.17, 15) is 4.79 Å². The SMILES string of the molecule is CC(Cn1ccnc1)NC(=O)N(C)C. The van der Waals surface area contributed by atoms with Crippen LogP contribution in [0.4, 0.5) is 4.79 Å². The number of rotatable bonds is 3. The van der Waals surface area contributed by atoms with E-state index in [1.54, 1.807) is 26.6 Å². The molecule has 78 valence electrons. The Balaban J connectivity index is 2.36. The molecule has 1 atom stereocenters. The van der Waals surface area contributed by atoms with Gasteiger partial charge in [-0.05, 0) is 6.92 Å². The van der Waals surface area contributed by atoms with Crippen molar-refractivity contribution >= 4 is 6.03 Å². The van der Waals surface area contributed by atoms with E-state index in [0.717, 1.165) is 6.54 Å². The zero-order valence-electron chi connectivity index (χ0n) is 8.77. The quantitative estimate of drug-likeness (QED) is 0.767. The maximum Gasteiger partial charge on any atom is 0.317 e. The predicted octanol–water partition coefficient (Wildman–Crippen LogP) is 0.543. The lowest BCUT2D eigenvalue weighted by Gasteiger charge is -2.17. The lowest BCUT2D eigenvalue weighted by atomic mass is 10.3. The van der Waals surface area contributed by atoms with Gasteiger partial charge in [-0.15, -0.1) is 0 Å². The van der Waals surface area contributed by atoms with Gasteiger partial charge in [0.2, 0.25) is 0 Å². The number of nitrogens with zero attached hydrogens (tertiary/aromatic N) is 3. The number of carbonyl (C=O) groups is 1.